The maximum Gasteiger partial charge on any atom is 0.264 e. The number of hydrogen-bond acceptors (Lipinski definition) is 6. The summed E-state index contributed by atoms with van der Waals surface area (Å²) in [6, 6.07) is 7.71. The van der Waals surface area contributed by atoms with Crippen molar-refractivity contribution < 1.29 is 14.3 Å². The average Bonchev–Trinajstić information content (AvgIpc) is 3.41. The largest absolute Gasteiger partial charge is 0.479 e. The molecule has 2 aromatic heterocycles. The Kier molecular flexibility index (Phi) is 5.75. The van der Waals surface area contributed by atoms with Crippen LogP contribution in [0.15, 0.2) is 30.5 Å². The van der Waals surface area contributed by atoms with E-state index in [1.54, 1.807) is 17.5 Å². The van der Waals surface area contributed by atoms with E-state index in [-0.39, 0.29) is 11.8 Å². The van der Waals surface area contributed by atoms with Crippen LogP contribution in [0, 0.1) is 0 Å². The molecule has 7 nitrogen and oxygen atoms in total. The number of ether oxygens (including phenoxy) is 1. The molecule has 0 bridgehead atoms. The monoisotopic (exact) mass is 470 g/mol. The van der Waals surface area contributed by atoms with Gasteiger partial charge in [-0.25, -0.2) is 0 Å². The van der Waals surface area contributed by atoms with Gasteiger partial charge in [0.1, 0.15) is 5.75 Å². The van der Waals surface area contributed by atoms with E-state index in [1.165, 1.54) is 6.92 Å². The smallest absolute Gasteiger partial charge is 0.264 e. The van der Waals surface area contributed by atoms with Gasteiger partial charge < -0.3 is 20.3 Å². The molecule has 1 atom stereocenters. The van der Waals surface area contributed by atoms with Gasteiger partial charge >= 0.3 is 0 Å². The molecule has 0 aliphatic carbocycles. The summed E-state index contributed by atoms with van der Waals surface area (Å²) in [7, 11) is 0. The third-order valence-electron chi connectivity index (χ3n) is 5.76. The first kappa shape index (κ1) is 21.2. The van der Waals surface area contributed by atoms with E-state index in [0.717, 1.165) is 44.9 Å². The number of thiophene rings is 1. The summed E-state index contributed by atoms with van der Waals surface area (Å²) < 4.78 is 7.25. The first-order chi connectivity index (χ1) is 15.5. The summed E-state index contributed by atoms with van der Waals surface area (Å²) in [4.78, 5) is 31.7. The van der Waals surface area contributed by atoms with Crippen LogP contribution in [0.2, 0.25) is 5.02 Å². The molecular formula is C23H23ClN4O3S. The number of carbonyl (C=O) groups is 2. The van der Waals surface area contributed by atoms with Gasteiger partial charge in [0.05, 0.1) is 16.8 Å². The Bertz CT molecular complexity index is 1210. The second-order valence-electron chi connectivity index (χ2n) is 8.02. The number of piperazine rings is 1. The molecule has 0 saturated carbocycles. The first-order valence-electron chi connectivity index (χ1n) is 10.6. The number of benzene rings is 1. The van der Waals surface area contributed by atoms with Gasteiger partial charge in [0.2, 0.25) is 5.91 Å². The van der Waals surface area contributed by atoms with E-state index in [2.05, 4.69) is 15.6 Å². The Hall–Kier alpha value is -2.68. The van der Waals surface area contributed by atoms with Gasteiger partial charge in [-0.15, -0.1) is 11.3 Å². The predicted octanol–water partition coefficient (Wildman–Crippen LogP) is 2.99. The third-order valence-corrected chi connectivity index (χ3v) is 7.14. The standard InChI is InChI=1S/C23H23ClN4O3S/c1-13(29)27-12-16-11-19-22(32-16)17(2-3-26-19)18-10-15(24)8-14-9-20(31-21(14)18)23(30)28-6-4-25-5-7-28/h2-3,8,10-11,20,25H,4-7,9,12H2,1H3,(H,27,29). The zero-order valence-corrected chi connectivity index (χ0v) is 19.2. The Morgan fingerprint density at radius 2 is 2.09 bits per heavy atom. The lowest BCUT2D eigenvalue weighted by molar-refractivity contribution is -0.138. The Balaban J connectivity index is 1.49. The molecule has 166 valence electrons. The minimum atomic E-state index is -0.531. The molecule has 9 heteroatoms. The van der Waals surface area contributed by atoms with Crippen LogP contribution in [0.4, 0.5) is 0 Å². The fraction of sp³-hybridized carbons (Fsp3) is 0.348. The molecule has 4 heterocycles. The Morgan fingerprint density at radius 1 is 1.28 bits per heavy atom. The molecular weight excluding hydrogens is 448 g/mol. The summed E-state index contributed by atoms with van der Waals surface area (Å²) in [5.41, 5.74) is 3.63. The van der Waals surface area contributed by atoms with Gasteiger partial charge in [-0.05, 0) is 24.3 Å². The van der Waals surface area contributed by atoms with Crippen molar-refractivity contribution in [3.8, 4) is 16.9 Å². The van der Waals surface area contributed by atoms with Crippen molar-refractivity contribution in [3.05, 3.63) is 45.9 Å². The van der Waals surface area contributed by atoms with Crippen LogP contribution in [0.3, 0.4) is 0 Å². The molecule has 1 saturated heterocycles. The Morgan fingerprint density at radius 3 is 2.88 bits per heavy atom. The number of aromatic nitrogens is 1. The highest BCUT2D eigenvalue weighted by atomic mass is 35.5. The summed E-state index contributed by atoms with van der Waals surface area (Å²) in [5, 5.41) is 6.71. The van der Waals surface area contributed by atoms with Gasteiger partial charge in [-0.2, -0.15) is 0 Å². The van der Waals surface area contributed by atoms with Crippen molar-refractivity contribution in [1.29, 1.82) is 0 Å². The average molecular weight is 471 g/mol. The zero-order valence-electron chi connectivity index (χ0n) is 17.6. The fourth-order valence-electron chi connectivity index (χ4n) is 4.25. The normalized spacial score (nSPS) is 17.8. The molecule has 0 spiro atoms. The zero-order chi connectivity index (χ0) is 22.2. The summed E-state index contributed by atoms with van der Waals surface area (Å²) >= 11 is 8.06. The maximum absolute atomic E-state index is 13.0. The third kappa shape index (κ3) is 4.05. The topological polar surface area (TPSA) is 83.6 Å². The summed E-state index contributed by atoms with van der Waals surface area (Å²) in [6.45, 7) is 4.95. The van der Waals surface area contributed by atoms with Gasteiger partial charge in [-0.1, -0.05) is 11.6 Å². The van der Waals surface area contributed by atoms with E-state index in [4.69, 9.17) is 16.3 Å². The van der Waals surface area contributed by atoms with E-state index in [9.17, 15) is 9.59 Å². The highest BCUT2D eigenvalue weighted by Gasteiger charge is 2.35. The molecule has 0 radical (unpaired) electrons. The lowest BCUT2D eigenvalue weighted by Gasteiger charge is -2.29. The van der Waals surface area contributed by atoms with Crippen LogP contribution in [-0.4, -0.2) is 54.0 Å². The maximum atomic E-state index is 13.0. The lowest BCUT2D eigenvalue weighted by atomic mass is 10.0. The predicted molar refractivity (Wildman–Crippen MR) is 125 cm³/mol. The quantitative estimate of drug-likeness (QED) is 0.612. The van der Waals surface area contributed by atoms with Crippen LogP contribution in [0.1, 0.15) is 17.4 Å². The van der Waals surface area contributed by atoms with Crippen molar-refractivity contribution in [2.24, 2.45) is 0 Å². The number of rotatable bonds is 4. The molecule has 2 aliphatic rings. The van der Waals surface area contributed by atoms with Crippen LogP contribution in [0.25, 0.3) is 21.3 Å². The number of nitrogens with one attached hydrogen (secondary N) is 2. The second-order valence-corrected chi connectivity index (χ2v) is 9.60. The molecule has 3 aromatic rings. The molecule has 1 fully saturated rings. The van der Waals surface area contributed by atoms with Crippen LogP contribution < -0.4 is 15.4 Å². The van der Waals surface area contributed by atoms with Crippen molar-refractivity contribution in [1.82, 2.24) is 20.5 Å². The summed E-state index contributed by atoms with van der Waals surface area (Å²) in [5.74, 6) is 0.669. The highest BCUT2D eigenvalue weighted by Crippen LogP contribution is 2.44. The molecule has 2 aliphatic heterocycles. The molecule has 32 heavy (non-hydrogen) atoms. The molecule has 2 N–H and O–H groups in total. The minimum absolute atomic E-state index is 0.0263. The number of halogens is 1. The highest BCUT2D eigenvalue weighted by molar-refractivity contribution is 7.19. The number of fused-ring (bicyclic) bond motifs is 2. The fourth-order valence-corrected chi connectivity index (χ4v) is 5.57. The van der Waals surface area contributed by atoms with Crippen LogP contribution in [0.5, 0.6) is 5.75 Å². The number of carbonyl (C=O) groups excluding carboxylic acids is 2. The molecule has 5 rings (SSSR count). The van der Waals surface area contributed by atoms with E-state index in [0.29, 0.717) is 36.8 Å². The lowest BCUT2D eigenvalue weighted by Crippen LogP contribution is -2.50. The second kappa shape index (κ2) is 8.69. The van der Waals surface area contributed by atoms with Gasteiger partial charge in [0.25, 0.3) is 5.91 Å². The molecule has 1 unspecified atom stereocenters. The van der Waals surface area contributed by atoms with Crippen molar-refractivity contribution in [2.75, 3.05) is 26.2 Å². The number of amides is 2. The van der Waals surface area contributed by atoms with Gasteiger partial charge in [0.15, 0.2) is 6.10 Å². The summed E-state index contributed by atoms with van der Waals surface area (Å²) in [6.07, 6.45) is 1.74. The number of pyridine rings is 1. The van der Waals surface area contributed by atoms with Crippen molar-refractivity contribution in [3.63, 3.8) is 0 Å². The Labute approximate surface area is 194 Å². The number of hydrogen-bond donors (Lipinski definition) is 2. The first-order valence-corrected chi connectivity index (χ1v) is 11.8. The van der Waals surface area contributed by atoms with Crippen molar-refractivity contribution in [2.45, 2.75) is 26.0 Å². The van der Waals surface area contributed by atoms with Gasteiger partial charge in [-0.3, -0.25) is 14.6 Å². The van der Waals surface area contributed by atoms with Crippen LogP contribution >= 0.6 is 22.9 Å². The van der Waals surface area contributed by atoms with Crippen LogP contribution in [-0.2, 0) is 22.6 Å². The van der Waals surface area contributed by atoms with E-state index >= 15 is 0 Å². The molecule has 2 amide bonds. The minimum Gasteiger partial charge on any atom is -0.479 e. The van der Waals surface area contributed by atoms with Gasteiger partial charge in [0, 0.05) is 72.3 Å². The molecule has 1 aromatic carbocycles. The number of nitrogens with zero attached hydrogens (tertiary/aromatic N) is 2. The van der Waals surface area contributed by atoms with Crippen molar-refractivity contribution >= 4 is 45.0 Å². The van der Waals surface area contributed by atoms with E-state index in [1.807, 2.05) is 29.2 Å². The SMILES string of the molecule is CC(=O)NCc1cc2nccc(-c3cc(Cl)cc4c3OC(C(=O)N3CCNCC3)C4)c2s1. The van der Waals surface area contributed by atoms with E-state index < -0.39 is 6.10 Å².